The van der Waals surface area contributed by atoms with Gasteiger partial charge in [0.15, 0.2) is 11.5 Å². The van der Waals surface area contributed by atoms with Gasteiger partial charge in [-0.3, -0.25) is 9.36 Å². The minimum absolute atomic E-state index is 0.205. The standard InChI is InChI=1S/C25H35N6O7P/c1-7-35-23(32)18-8-10-19(11-9-18)38-39(34,30-25(5,6)24(33)37-16(2)3)15-36-17(4)12-31-14-29-20-21(26)27-13-28-22(20)31/h8-11,13-14,16-17H,7,12,15H2,1-6H3,(H,30,34)(H2,26,27,28)/t17-,39+/m1/s1. The Hall–Kier alpha value is -3.54. The van der Waals surface area contributed by atoms with Crippen LogP contribution in [-0.2, 0) is 30.1 Å². The molecule has 3 aromatic rings. The van der Waals surface area contributed by atoms with Gasteiger partial charge in [-0.2, -0.15) is 0 Å². The van der Waals surface area contributed by atoms with E-state index in [0.717, 1.165) is 0 Å². The van der Waals surface area contributed by atoms with Crippen LogP contribution >= 0.6 is 7.52 Å². The van der Waals surface area contributed by atoms with Crippen LogP contribution in [0, 0.1) is 0 Å². The Morgan fingerprint density at radius 2 is 1.82 bits per heavy atom. The first-order valence-corrected chi connectivity index (χ1v) is 14.2. The van der Waals surface area contributed by atoms with Crippen LogP contribution in [0.2, 0.25) is 0 Å². The summed E-state index contributed by atoms with van der Waals surface area (Å²) in [6, 6.07) is 5.98. The number of imidazole rings is 1. The molecule has 3 rings (SSSR count). The molecule has 0 aliphatic rings. The van der Waals surface area contributed by atoms with Gasteiger partial charge in [0.2, 0.25) is 0 Å². The summed E-state index contributed by atoms with van der Waals surface area (Å²) >= 11 is 0. The van der Waals surface area contributed by atoms with Gasteiger partial charge in [0.05, 0.1) is 37.3 Å². The van der Waals surface area contributed by atoms with Gasteiger partial charge in [0, 0.05) is 0 Å². The third kappa shape index (κ3) is 7.98. The van der Waals surface area contributed by atoms with E-state index in [1.807, 2.05) is 0 Å². The fourth-order valence-corrected chi connectivity index (χ4v) is 5.56. The highest BCUT2D eigenvalue weighted by Gasteiger charge is 2.40. The Labute approximate surface area is 226 Å². The molecule has 0 amide bonds. The average molecular weight is 563 g/mol. The van der Waals surface area contributed by atoms with Crippen LogP contribution in [-0.4, -0.2) is 62.2 Å². The van der Waals surface area contributed by atoms with E-state index in [0.29, 0.717) is 23.3 Å². The second-order valence-corrected chi connectivity index (χ2v) is 11.6. The van der Waals surface area contributed by atoms with E-state index in [2.05, 4.69) is 20.0 Å². The smallest absolute Gasteiger partial charge is 0.342 e. The lowest BCUT2D eigenvalue weighted by atomic mass is 10.1. The topological polar surface area (TPSA) is 170 Å². The summed E-state index contributed by atoms with van der Waals surface area (Å²) < 4.78 is 37.9. The van der Waals surface area contributed by atoms with E-state index in [-0.39, 0.29) is 30.6 Å². The molecule has 0 unspecified atom stereocenters. The molecule has 14 heteroatoms. The summed E-state index contributed by atoms with van der Waals surface area (Å²) in [5, 5.41) is 2.82. The third-order valence-electron chi connectivity index (χ3n) is 5.33. The lowest BCUT2D eigenvalue weighted by Gasteiger charge is -2.31. The van der Waals surface area contributed by atoms with Crippen molar-refractivity contribution in [2.45, 2.75) is 65.8 Å². The molecule has 0 fully saturated rings. The number of nitrogens with zero attached hydrogens (tertiary/aromatic N) is 4. The van der Waals surface area contributed by atoms with Crippen LogP contribution < -0.4 is 15.3 Å². The van der Waals surface area contributed by atoms with E-state index < -0.39 is 31.1 Å². The number of anilines is 1. The zero-order valence-corrected chi connectivity index (χ0v) is 23.8. The maximum absolute atomic E-state index is 14.1. The number of rotatable bonds is 13. The molecule has 0 aliphatic heterocycles. The molecule has 0 spiro atoms. The maximum atomic E-state index is 14.1. The van der Waals surface area contributed by atoms with Crippen LogP contribution in [0.1, 0.15) is 51.9 Å². The monoisotopic (exact) mass is 562 g/mol. The van der Waals surface area contributed by atoms with Crippen molar-refractivity contribution in [3.05, 3.63) is 42.5 Å². The van der Waals surface area contributed by atoms with Crippen molar-refractivity contribution in [3.8, 4) is 5.75 Å². The SMILES string of the molecule is CCOC(=O)c1ccc(O[P@@](=O)(CO[C@H](C)Cn2cnc3c(N)ncnc32)NC(C)(C)C(=O)OC(C)C)cc1. The summed E-state index contributed by atoms with van der Waals surface area (Å²) in [5.74, 6) is -0.622. The first-order chi connectivity index (χ1) is 18.3. The highest BCUT2D eigenvalue weighted by Crippen LogP contribution is 2.45. The summed E-state index contributed by atoms with van der Waals surface area (Å²) in [4.78, 5) is 37.1. The largest absolute Gasteiger partial charge is 0.462 e. The highest BCUT2D eigenvalue weighted by atomic mass is 31.2. The predicted octanol–water partition coefficient (Wildman–Crippen LogP) is 3.54. The molecule has 1 aromatic carbocycles. The predicted molar refractivity (Wildman–Crippen MR) is 144 cm³/mol. The first kappa shape index (κ1) is 30.0. The number of hydrogen-bond donors (Lipinski definition) is 2. The van der Waals surface area contributed by atoms with Crippen LogP contribution in [0.25, 0.3) is 11.2 Å². The highest BCUT2D eigenvalue weighted by molar-refractivity contribution is 7.57. The number of esters is 2. The molecule has 0 saturated heterocycles. The minimum atomic E-state index is -3.87. The minimum Gasteiger partial charge on any atom is -0.462 e. The maximum Gasteiger partial charge on any atom is 0.342 e. The Morgan fingerprint density at radius 3 is 2.46 bits per heavy atom. The Balaban J connectivity index is 1.78. The fourth-order valence-electron chi connectivity index (χ4n) is 3.54. The van der Waals surface area contributed by atoms with Crippen molar-refractivity contribution in [2.24, 2.45) is 0 Å². The summed E-state index contributed by atoms with van der Waals surface area (Å²) in [6.07, 6.45) is 1.71. The number of nitrogens with two attached hydrogens (primary N) is 1. The molecule has 0 aliphatic carbocycles. The number of benzene rings is 1. The molecule has 39 heavy (non-hydrogen) atoms. The number of aromatic nitrogens is 4. The molecule has 0 bridgehead atoms. The lowest BCUT2D eigenvalue weighted by molar-refractivity contribution is -0.153. The molecule has 13 nitrogen and oxygen atoms in total. The fraction of sp³-hybridized carbons (Fsp3) is 0.480. The van der Waals surface area contributed by atoms with E-state index in [4.69, 9.17) is 24.5 Å². The molecule has 2 aromatic heterocycles. The number of ether oxygens (including phenoxy) is 3. The Bertz CT molecular complexity index is 1340. The van der Waals surface area contributed by atoms with E-state index in [1.54, 1.807) is 52.4 Å². The third-order valence-corrected chi connectivity index (χ3v) is 7.23. The van der Waals surface area contributed by atoms with E-state index in [9.17, 15) is 14.2 Å². The molecule has 0 radical (unpaired) electrons. The first-order valence-electron chi connectivity index (χ1n) is 12.4. The van der Waals surface area contributed by atoms with E-state index in [1.165, 1.54) is 30.6 Å². The second-order valence-electron chi connectivity index (χ2n) is 9.63. The van der Waals surface area contributed by atoms with Crippen LogP contribution in [0.3, 0.4) is 0 Å². The van der Waals surface area contributed by atoms with Gasteiger partial charge in [0.1, 0.15) is 29.5 Å². The number of nitrogen functional groups attached to an aromatic ring is 1. The van der Waals surface area contributed by atoms with Gasteiger partial charge >= 0.3 is 19.5 Å². The number of nitrogens with one attached hydrogen (secondary N) is 1. The molecule has 2 heterocycles. The number of carbonyl (C=O) groups is 2. The molecular weight excluding hydrogens is 527 g/mol. The van der Waals surface area contributed by atoms with E-state index >= 15 is 0 Å². The van der Waals surface area contributed by atoms with Gasteiger partial charge in [-0.1, -0.05) is 0 Å². The summed E-state index contributed by atoms with van der Waals surface area (Å²) in [7, 11) is -3.87. The quantitative estimate of drug-likeness (QED) is 0.230. The Morgan fingerprint density at radius 1 is 1.13 bits per heavy atom. The van der Waals surface area contributed by atoms with Crippen LogP contribution in [0.15, 0.2) is 36.9 Å². The summed E-state index contributed by atoms with van der Waals surface area (Å²) in [5.41, 5.74) is 5.81. The number of hydrogen-bond acceptors (Lipinski definition) is 11. The van der Waals surface area contributed by atoms with Crippen molar-refractivity contribution < 1.29 is 32.9 Å². The van der Waals surface area contributed by atoms with Crippen molar-refractivity contribution in [2.75, 3.05) is 18.7 Å². The average Bonchev–Trinajstić information content (AvgIpc) is 3.26. The molecule has 2 atom stereocenters. The van der Waals surface area contributed by atoms with Gasteiger partial charge in [-0.15, -0.1) is 0 Å². The lowest BCUT2D eigenvalue weighted by Crippen LogP contribution is -2.48. The molecular formula is C25H35N6O7P. The summed E-state index contributed by atoms with van der Waals surface area (Å²) in [6.45, 7) is 10.6. The van der Waals surface area contributed by atoms with Crippen LogP contribution in [0.5, 0.6) is 5.75 Å². The van der Waals surface area contributed by atoms with Crippen molar-refractivity contribution >= 4 is 36.4 Å². The number of carbonyl (C=O) groups excluding carboxylic acids is 2. The zero-order valence-electron chi connectivity index (χ0n) is 22.9. The van der Waals surface area contributed by atoms with Gasteiger partial charge in [-0.25, -0.2) is 24.8 Å². The van der Waals surface area contributed by atoms with Crippen molar-refractivity contribution in [1.82, 2.24) is 24.6 Å². The molecule has 0 saturated carbocycles. The van der Waals surface area contributed by atoms with Crippen molar-refractivity contribution in [3.63, 3.8) is 0 Å². The van der Waals surface area contributed by atoms with Crippen LogP contribution in [0.4, 0.5) is 5.82 Å². The Kier molecular flexibility index (Phi) is 9.65. The van der Waals surface area contributed by atoms with Gasteiger partial charge in [0.25, 0.3) is 0 Å². The molecule has 3 N–H and O–H groups in total. The number of fused-ring (bicyclic) bond motifs is 1. The zero-order chi connectivity index (χ0) is 28.8. The molecule has 212 valence electrons. The van der Waals surface area contributed by atoms with Crippen molar-refractivity contribution in [1.29, 1.82) is 0 Å². The van der Waals surface area contributed by atoms with Gasteiger partial charge < -0.3 is 29.0 Å². The normalized spacial score (nSPS) is 14.1. The van der Waals surface area contributed by atoms with Gasteiger partial charge in [-0.05, 0) is 65.8 Å². The second kappa shape index (κ2) is 12.5.